The van der Waals surface area contributed by atoms with Crippen LogP contribution in [0.5, 0.6) is 5.75 Å². The van der Waals surface area contributed by atoms with Gasteiger partial charge in [-0.05, 0) is 37.3 Å². The second kappa shape index (κ2) is 5.21. The first-order valence-electron chi connectivity index (χ1n) is 4.77. The van der Waals surface area contributed by atoms with Gasteiger partial charge in [-0.15, -0.1) is 0 Å². The second-order valence-electron chi connectivity index (χ2n) is 3.52. The lowest BCUT2D eigenvalue weighted by Crippen LogP contribution is -2.06. The number of hydrogen-bond acceptors (Lipinski definition) is 3. The maximum Gasteiger partial charge on any atom is 0.176 e. The monoisotopic (exact) mass is 224 g/mol. The Morgan fingerprint density at radius 2 is 2.07 bits per heavy atom. The molecule has 0 amide bonds. The van der Waals surface area contributed by atoms with Gasteiger partial charge in [0.15, 0.2) is 5.78 Å². The highest BCUT2D eigenvalue weighted by molar-refractivity contribution is 7.99. The molecule has 1 aromatic rings. The van der Waals surface area contributed by atoms with E-state index in [1.54, 1.807) is 7.11 Å². The normalized spacial score (nSPS) is 10.1. The van der Waals surface area contributed by atoms with E-state index in [-0.39, 0.29) is 5.78 Å². The lowest BCUT2D eigenvalue weighted by Gasteiger charge is -2.11. The SMILES string of the molecule is COc1c(C)cc(C)cc1C(=O)CSC. The molecule has 0 radical (unpaired) electrons. The number of ketones is 1. The number of ether oxygens (including phenoxy) is 1. The lowest BCUT2D eigenvalue weighted by atomic mass is 10.0. The Labute approximate surface area is 95.0 Å². The summed E-state index contributed by atoms with van der Waals surface area (Å²) in [6.07, 6.45) is 1.92. The summed E-state index contributed by atoms with van der Waals surface area (Å²) in [6.45, 7) is 3.95. The standard InChI is InChI=1S/C12H16O2S/c1-8-5-9(2)12(14-3)10(6-8)11(13)7-15-4/h5-6H,7H2,1-4H3. The van der Waals surface area contributed by atoms with Crippen LogP contribution in [-0.4, -0.2) is 24.9 Å². The van der Waals surface area contributed by atoms with E-state index in [0.29, 0.717) is 17.1 Å². The van der Waals surface area contributed by atoms with E-state index in [1.807, 2.05) is 32.2 Å². The zero-order valence-electron chi connectivity index (χ0n) is 9.59. The summed E-state index contributed by atoms with van der Waals surface area (Å²) >= 11 is 1.53. The molecule has 0 bridgehead atoms. The van der Waals surface area contributed by atoms with Gasteiger partial charge < -0.3 is 4.74 Å². The van der Waals surface area contributed by atoms with Gasteiger partial charge in [0.25, 0.3) is 0 Å². The molecule has 2 nitrogen and oxygen atoms in total. The van der Waals surface area contributed by atoms with Gasteiger partial charge in [-0.1, -0.05) is 6.07 Å². The molecule has 82 valence electrons. The maximum absolute atomic E-state index is 11.8. The van der Waals surface area contributed by atoms with E-state index in [9.17, 15) is 4.79 Å². The van der Waals surface area contributed by atoms with Crippen molar-refractivity contribution in [1.82, 2.24) is 0 Å². The molecule has 0 unspecified atom stereocenters. The van der Waals surface area contributed by atoms with Crippen LogP contribution in [0.4, 0.5) is 0 Å². The zero-order valence-corrected chi connectivity index (χ0v) is 10.4. The van der Waals surface area contributed by atoms with Crippen molar-refractivity contribution in [3.8, 4) is 5.75 Å². The van der Waals surface area contributed by atoms with Crippen molar-refractivity contribution in [2.24, 2.45) is 0 Å². The van der Waals surface area contributed by atoms with Crippen LogP contribution in [0.1, 0.15) is 21.5 Å². The smallest absolute Gasteiger partial charge is 0.176 e. The molecule has 3 heteroatoms. The van der Waals surface area contributed by atoms with E-state index in [1.165, 1.54) is 11.8 Å². The van der Waals surface area contributed by atoms with Gasteiger partial charge in [0.2, 0.25) is 0 Å². The van der Waals surface area contributed by atoms with Gasteiger partial charge in [-0.2, -0.15) is 11.8 Å². The van der Waals surface area contributed by atoms with Crippen LogP contribution in [0.15, 0.2) is 12.1 Å². The first kappa shape index (κ1) is 12.1. The quantitative estimate of drug-likeness (QED) is 0.736. The van der Waals surface area contributed by atoms with E-state index in [2.05, 4.69) is 0 Å². The largest absolute Gasteiger partial charge is 0.496 e. The van der Waals surface area contributed by atoms with Gasteiger partial charge in [-0.3, -0.25) is 4.79 Å². The predicted molar refractivity (Wildman–Crippen MR) is 65.2 cm³/mol. The molecule has 0 saturated carbocycles. The Kier molecular flexibility index (Phi) is 4.21. The molecule has 0 fully saturated rings. The van der Waals surface area contributed by atoms with E-state index >= 15 is 0 Å². The molecule has 0 aliphatic carbocycles. The van der Waals surface area contributed by atoms with Crippen LogP contribution in [0.3, 0.4) is 0 Å². The topological polar surface area (TPSA) is 26.3 Å². The number of benzene rings is 1. The highest BCUT2D eigenvalue weighted by Crippen LogP contribution is 2.26. The van der Waals surface area contributed by atoms with Crippen LogP contribution in [-0.2, 0) is 0 Å². The molecule has 0 aromatic heterocycles. The number of carbonyl (C=O) groups is 1. The first-order chi connectivity index (χ1) is 7.10. The maximum atomic E-state index is 11.8. The summed E-state index contributed by atoms with van der Waals surface area (Å²) < 4.78 is 5.27. The van der Waals surface area contributed by atoms with Crippen molar-refractivity contribution in [2.75, 3.05) is 19.1 Å². The van der Waals surface area contributed by atoms with Crippen LogP contribution in [0.25, 0.3) is 0 Å². The average molecular weight is 224 g/mol. The molecular weight excluding hydrogens is 208 g/mol. The van der Waals surface area contributed by atoms with Crippen LogP contribution >= 0.6 is 11.8 Å². The Hall–Kier alpha value is -0.960. The molecule has 0 spiro atoms. The molecule has 0 N–H and O–H groups in total. The number of Topliss-reactive ketones (excluding diaryl/α,β-unsaturated/α-hetero) is 1. The zero-order chi connectivity index (χ0) is 11.4. The van der Waals surface area contributed by atoms with Crippen molar-refractivity contribution in [1.29, 1.82) is 0 Å². The van der Waals surface area contributed by atoms with E-state index in [4.69, 9.17) is 4.74 Å². The highest BCUT2D eigenvalue weighted by atomic mass is 32.2. The van der Waals surface area contributed by atoms with Gasteiger partial charge >= 0.3 is 0 Å². The lowest BCUT2D eigenvalue weighted by molar-refractivity contribution is 0.101. The fraction of sp³-hybridized carbons (Fsp3) is 0.417. The molecule has 1 rings (SSSR count). The summed E-state index contributed by atoms with van der Waals surface area (Å²) in [5.41, 5.74) is 2.81. The van der Waals surface area contributed by atoms with Crippen molar-refractivity contribution in [3.05, 3.63) is 28.8 Å². The summed E-state index contributed by atoms with van der Waals surface area (Å²) in [6, 6.07) is 3.92. The third kappa shape index (κ3) is 2.75. The summed E-state index contributed by atoms with van der Waals surface area (Å²) in [7, 11) is 1.60. The van der Waals surface area contributed by atoms with Crippen LogP contribution < -0.4 is 4.74 Å². The fourth-order valence-electron chi connectivity index (χ4n) is 1.64. The average Bonchev–Trinajstić information content (AvgIpc) is 2.17. The Balaban J connectivity index is 3.20. The number of aryl methyl sites for hydroxylation is 2. The third-order valence-electron chi connectivity index (χ3n) is 2.20. The molecule has 0 aliphatic rings. The Morgan fingerprint density at radius 1 is 1.40 bits per heavy atom. The van der Waals surface area contributed by atoms with Crippen LogP contribution in [0, 0.1) is 13.8 Å². The molecule has 0 heterocycles. The molecule has 1 aromatic carbocycles. The summed E-state index contributed by atoms with van der Waals surface area (Å²) in [5.74, 6) is 1.34. The summed E-state index contributed by atoms with van der Waals surface area (Å²) in [4.78, 5) is 11.8. The minimum Gasteiger partial charge on any atom is -0.496 e. The van der Waals surface area contributed by atoms with E-state index in [0.717, 1.165) is 11.1 Å². The molecule has 15 heavy (non-hydrogen) atoms. The predicted octanol–water partition coefficient (Wildman–Crippen LogP) is 2.86. The molecule has 0 saturated heterocycles. The highest BCUT2D eigenvalue weighted by Gasteiger charge is 2.14. The Morgan fingerprint density at radius 3 is 2.60 bits per heavy atom. The van der Waals surface area contributed by atoms with Crippen molar-refractivity contribution in [2.45, 2.75) is 13.8 Å². The van der Waals surface area contributed by atoms with Gasteiger partial charge in [-0.25, -0.2) is 0 Å². The van der Waals surface area contributed by atoms with Gasteiger partial charge in [0.05, 0.1) is 18.4 Å². The van der Waals surface area contributed by atoms with Gasteiger partial charge in [0.1, 0.15) is 5.75 Å². The van der Waals surface area contributed by atoms with Crippen molar-refractivity contribution in [3.63, 3.8) is 0 Å². The fourth-order valence-corrected chi connectivity index (χ4v) is 2.06. The number of carbonyl (C=O) groups excluding carboxylic acids is 1. The number of thioether (sulfide) groups is 1. The number of methoxy groups -OCH3 is 1. The van der Waals surface area contributed by atoms with Crippen molar-refractivity contribution >= 4 is 17.5 Å². The third-order valence-corrected chi connectivity index (χ3v) is 2.75. The second-order valence-corrected chi connectivity index (χ2v) is 4.38. The van der Waals surface area contributed by atoms with Gasteiger partial charge in [0, 0.05) is 0 Å². The van der Waals surface area contributed by atoms with Crippen LogP contribution in [0.2, 0.25) is 0 Å². The Bertz CT molecular complexity index is 372. The molecular formula is C12H16O2S. The number of rotatable bonds is 4. The van der Waals surface area contributed by atoms with E-state index < -0.39 is 0 Å². The first-order valence-corrected chi connectivity index (χ1v) is 6.17. The minimum absolute atomic E-state index is 0.131. The van der Waals surface area contributed by atoms with Crippen molar-refractivity contribution < 1.29 is 9.53 Å². The number of hydrogen-bond donors (Lipinski definition) is 0. The summed E-state index contributed by atoms with van der Waals surface area (Å²) in [5, 5.41) is 0. The molecule has 0 aliphatic heterocycles. The minimum atomic E-state index is 0.131. The molecule has 0 atom stereocenters.